The first-order chi connectivity index (χ1) is 9.33. The minimum atomic E-state index is -4.74. The minimum Gasteiger partial charge on any atom is -0.437 e. The SMILES string of the molecule is Cc1ccc(Oc2ccc(OC(F)(F)F)c(Br)c2)nn1. The fraction of sp³-hybridized carbons (Fsp3) is 0.167. The molecular formula is C12H8BrF3N2O2. The number of aromatic nitrogens is 2. The van der Waals surface area contributed by atoms with Crippen molar-refractivity contribution in [3.8, 4) is 17.4 Å². The lowest BCUT2D eigenvalue weighted by molar-refractivity contribution is -0.274. The monoisotopic (exact) mass is 348 g/mol. The predicted octanol–water partition coefficient (Wildman–Crippen LogP) is 4.24. The molecule has 0 amide bonds. The molecule has 4 nitrogen and oxygen atoms in total. The van der Waals surface area contributed by atoms with Crippen LogP contribution in [0.2, 0.25) is 0 Å². The highest BCUT2D eigenvalue weighted by atomic mass is 79.9. The summed E-state index contributed by atoms with van der Waals surface area (Å²) in [6, 6.07) is 7.15. The van der Waals surface area contributed by atoms with Gasteiger partial charge in [-0.1, -0.05) is 0 Å². The molecule has 106 valence electrons. The van der Waals surface area contributed by atoms with Gasteiger partial charge >= 0.3 is 6.36 Å². The Morgan fingerprint density at radius 2 is 1.85 bits per heavy atom. The first kappa shape index (κ1) is 14.6. The van der Waals surface area contributed by atoms with Crippen LogP contribution in [0.5, 0.6) is 17.4 Å². The van der Waals surface area contributed by atoms with E-state index in [0.29, 0.717) is 5.75 Å². The molecule has 2 aromatic rings. The number of aryl methyl sites for hydroxylation is 1. The summed E-state index contributed by atoms with van der Waals surface area (Å²) in [5.41, 5.74) is 0.729. The third kappa shape index (κ3) is 4.09. The highest BCUT2D eigenvalue weighted by Crippen LogP contribution is 2.34. The van der Waals surface area contributed by atoms with E-state index in [-0.39, 0.29) is 16.1 Å². The summed E-state index contributed by atoms with van der Waals surface area (Å²) >= 11 is 2.98. The van der Waals surface area contributed by atoms with Crippen molar-refractivity contribution < 1.29 is 22.6 Å². The van der Waals surface area contributed by atoms with Gasteiger partial charge in [0.25, 0.3) is 0 Å². The van der Waals surface area contributed by atoms with Crippen LogP contribution in [-0.2, 0) is 0 Å². The van der Waals surface area contributed by atoms with Gasteiger partial charge in [0.15, 0.2) is 0 Å². The van der Waals surface area contributed by atoms with Gasteiger partial charge in [-0.15, -0.1) is 18.3 Å². The summed E-state index contributed by atoms with van der Waals surface area (Å²) in [5.74, 6) is 0.205. The normalized spacial score (nSPS) is 11.2. The molecule has 2 rings (SSSR count). The van der Waals surface area contributed by atoms with E-state index < -0.39 is 6.36 Å². The van der Waals surface area contributed by atoms with E-state index in [9.17, 15) is 13.2 Å². The fourth-order valence-corrected chi connectivity index (χ4v) is 1.75. The molecule has 0 aliphatic heterocycles. The first-order valence-corrected chi connectivity index (χ1v) is 6.16. The Morgan fingerprint density at radius 3 is 2.40 bits per heavy atom. The molecule has 1 aromatic heterocycles. The number of rotatable bonds is 3. The zero-order chi connectivity index (χ0) is 14.8. The van der Waals surface area contributed by atoms with Gasteiger partial charge in [-0.25, -0.2) is 0 Å². The highest BCUT2D eigenvalue weighted by molar-refractivity contribution is 9.10. The van der Waals surface area contributed by atoms with Gasteiger partial charge in [0.2, 0.25) is 5.88 Å². The maximum atomic E-state index is 12.1. The molecule has 0 unspecified atom stereocenters. The molecular weight excluding hydrogens is 341 g/mol. The van der Waals surface area contributed by atoms with Gasteiger partial charge in [0.1, 0.15) is 11.5 Å². The van der Waals surface area contributed by atoms with E-state index >= 15 is 0 Å². The zero-order valence-electron chi connectivity index (χ0n) is 10.1. The number of nitrogens with zero attached hydrogens (tertiary/aromatic N) is 2. The van der Waals surface area contributed by atoms with Crippen LogP contribution in [0.15, 0.2) is 34.8 Å². The molecule has 0 aliphatic rings. The Kier molecular flexibility index (Phi) is 4.12. The summed E-state index contributed by atoms with van der Waals surface area (Å²) < 4.78 is 45.6. The molecule has 0 bridgehead atoms. The number of hydrogen-bond donors (Lipinski definition) is 0. The molecule has 0 fully saturated rings. The van der Waals surface area contributed by atoms with Crippen molar-refractivity contribution >= 4 is 15.9 Å². The number of hydrogen-bond acceptors (Lipinski definition) is 4. The second-order valence-corrected chi connectivity index (χ2v) is 4.61. The van der Waals surface area contributed by atoms with Crippen LogP contribution in [0.25, 0.3) is 0 Å². The Hall–Kier alpha value is -1.83. The van der Waals surface area contributed by atoms with Gasteiger partial charge in [-0.3, -0.25) is 0 Å². The Morgan fingerprint density at radius 1 is 1.10 bits per heavy atom. The molecule has 1 heterocycles. The van der Waals surface area contributed by atoms with E-state index in [4.69, 9.17) is 4.74 Å². The third-order valence-corrected chi connectivity index (χ3v) is 2.74. The standard InChI is InChI=1S/C12H8BrF3N2O2/c1-7-2-5-11(18-17-7)19-8-3-4-10(9(13)6-8)20-12(14,15)16/h2-6H,1H3. The molecule has 8 heteroatoms. The van der Waals surface area contributed by atoms with Gasteiger partial charge in [0, 0.05) is 6.07 Å². The lowest BCUT2D eigenvalue weighted by Gasteiger charge is -2.11. The van der Waals surface area contributed by atoms with Crippen molar-refractivity contribution in [3.63, 3.8) is 0 Å². The topological polar surface area (TPSA) is 44.2 Å². The van der Waals surface area contributed by atoms with Gasteiger partial charge in [-0.05, 0) is 47.1 Å². The van der Waals surface area contributed by atoms with Crippen molar-refractivity contribution in [1.29, 1.82) is 0 Å². The van der Waals surface area contributed by atoms with E-state index in [2.05, 4.69) is 30.9 Å². The molecule has 0 radical (unpaired) electrons. The minimum absolute atomic E-state index is 0.118. The van der Waals surface area contributed by atoms with E-state index in [1.165, 1.54) is 12.1 Å². The molecule has 0 saturated carbocycles. The smallest absolute Gasteiger partial charge is 0.437 e. The van der Waals surface area contributed by atoms with Crippen LogP contribution < -0.4 is 9.47 Å². The Balaban J connectivity index is 2.14. The van der Waals surface area contributed by atoms with E-state index in [1.807, 2.05) is 0 Å². The van der Waals surface area contributed by atoms with Crippen LogP contribution in [0.1, 0.15) is 5.69 Å². The number of benzene rings is 1. The van der Waals surface area contributed by atoms with E-state index in [0.717, 1.165) is 11.8 Å². The third-order valence-electron chi connectivity index (χ3n) is 2.12. The van der Waals surface area contributed by atoms with Gasteiger partial charge in [0.05, 0.1) is 10.2 Å². The number of ether oxygens (including phenoxy) is 2. The molecule has 0 N–H and O–H groups in total. The average Bonchev–Trinajstić information content (AvgIpc) is 2.34. The van der Waals surface area contributed by atoms with Gasteiger partial charge in [-0.2, -0.15) is 5.10 Å². The molecule has 0 saturated heterocycles. The molecule has 0 atom stereocenters. The fourth-order valence-electron chi connectivity index (χ4n) is 1.31. The lowest BCUT2D eigenvalue weighted by Crippen LogP contribution is -2.17. The molecule has 1 aromatic carbocycles. The Bertz CT molecular complexity index is 603. The summed E-state index contributed by atoms with van der Waals surface area (Å²) in [5, 5.41) is 7.59. The maximum absolute atomic E-state index is 12.1. The van der Waals surface area contributed by atoms with Crippen molar-refractivity contribution in [3.05, 3.63) is 40.5 Å². The van der Waals surface area contributed by atoms with Crippen LogP contribution in [0.3, 0.4) is 0 Å². The predicted molar refractivity (Wildman–Crippen MR) is 67.7 cm³/mol. The van der Waals surface area contributed by atoms with Crippen LogP contribution in [0, 0.1) is 6.92 Å². The molecule has 0 spiro atoms. The second kappa shape index (κ2) is 5.66. The summed E-state index contributed by atoms with van der Waals surface area (Å²) in [7, 11) is 0. The van der Waals surface area contributed by atoms with E-state index in [1.54, 1.807) is 19.1 Å². The zero-order valence-corrected chi connectivity index (χ0v) is 11.7. The highest BCUT2D eigenvalue weighted by Gasteiger charge is 2.32. The summed E-state index contributed by atoms with van der Waals surface area (Å²) in [6.07, 6.45) is -4.74. The largest absolute Gasteiger partial charge is 0.573 e. The summed E-state index contributed by atoms with van der Waals surface area (Å²) in [4.78, 5) is 0. The number of alkyl halides is 3. The van der Waals surface area contributed by atoms with Crippen LogP contribution >= 0.6 is 15.9 Å². The van der Waals surface area contributed by atoms with Crippen molar-refractivity contribution in [1.82, 2.24) is 10.2 Å². The maximum Gasteiger partial charge on any atom is 0.573 e. The van der Waals surface area contributed by atoms with Crippen LogP contribution in [0.4, 0.5) is 13.2 Å². The van der Waals surface area contributed by atoms with Crippen molar-refractivity contribution in [2.75, 3.05) is 0 Å². The quantitative estimate of drug-likeness (QED) is 0.832. The lowest BCUT2D eigenvalue weighted by atomic mass is 10.3. The number of halogens is 4. The van der Waals surface area contributed by atoms with Crippen LogP contribution in [-0.4, -0.2) is 16.6 Å². The average molecular weight is 349 g/mol. The Labute approximate surface area is 120 Å². The first-order valence-electron chi connectivity index (χ1n) is 5.37. The molecule has 0 aliphatic carbocycles. The van der Waals surface area contributed by atoms with Gasteiger partial charge < -0.3 is 9.47 Å². The van der Waals surface area contributed by atoms with Crippen molar-refractivity contribution in [2.24, 2.45) is 0 Å². The summed E-state index contributed by atoms with van der Waals surface area (Å²) in [6.45, 7) is 1.77. The van der Waals surface area contributed by atoms with Crippen molar-refractivity contribution in [2.45, 2.75) is 13.3 Å². The second-order valence-electron chi connectivity index (χ2n) is 3.76. The molecule has 20 heavy (non-hydrogen) atoms.